The zero-order valence-corrected chi connectivity index (χ0v) is 14.2. The maximum Gasteiger partial charge on any atom is 0.220 e. The number of carbonyl (C=O) groups excluding carboxylic acids is 1. The van der Waals surface area contributed by atoms with Gasteiger partial charge >= 0.3 is 0 Å². The molecule has 1 atom stereocenters. The third-order valence-corrected chi connectivity index (χ3v) is 3.74. The molecule has 1 unspecified atom stereocenters. The number of hydrogen-bond acceptors (Lipinski definition) is 3. The van der Waals surface area contributed by atoms with E-state index in [2.05, 4.69) is 17.1 Å². The molecule has 1 saturated heterocycles. The molecule has 20 heavy (non-hydrogen) atoms. The number of nitrogens with one attached hydrogen (secondary N) is 1. The Bertz CT molecular complexity index is 242. The molecule has 6 heteroatoms. The molecule has 1 aliphatic heterocycles. The van der Waals surface area contributed by atoms with Crippen LogP contribution in [0.25, 0.3) is 0 Å². The molecule has 0 bridgehead atoms. The van der Waals surface area contributed by atoms with Crippen molar-refractivity contribution in [3.8, 4) is 0 Å². The molecular formula is C14H31Cl2N3O. The molecule has 0 saturated carbocycles. The van der Waals surface area contributed by atoms with Crippen LogP contribution in [0, 0.1) is 0 Å². The standard InChI is InChI=1S/C14H29N3O.2ClH/c1-13-7-2-4-11-17(13)12-5-3-10-16-14(18)8-6-9-15;;/h13H,2-12,15H2,1H3,(H,16,18);2*1H. The molecule has 1 aliphatic rings. The molecule has 0 aromatic heterocycles. The van der Waals surface area contributed by atoms with Crippen molar-refractivity contribution in [3.05, 3.63) is 0 Å². The molecule has 0 radical (unpaired) electrons. The second kappa shape index (κ2) is 13.9. The molecule has 1 fully saturated rings. The molecule has 0 spiro atoms. The maximum atomic E-state index is 11.3. The van der Waals surface area contributed by atoms with Gasteiger partial charge in [0.25, 0.3) is 0 Å². The van der Waals surface area contributed by atoms with Crippen molar-refractivity contribution < 1.29 is 4.79 Å². The predicted octanol–water partition coefficient (Wildman–Crippen LogP) is 2.34. The number of carbonyl (C=O) groups is 1. The third-order valence-electron chi connectivity index (χ3n) is 3.74. The van der Waals surface area contributed by atoms with E-state index < -0.39 is 0 Å². The highest BCUT2D eigenvalue weighted by Crippen LogP contribution is 2.16. The predicted molar refractivity (Wildman–Crippen MR) is 89.9 cm³/mol. The van der Waals surface area contributed by atoms with E-state index in [1.807, 2.05) is 0 Å². The van der Waals surface area contributed by atoms with Crippen LogP contribution in [0.1, 0.15) is 51.9 Å². The third kappa shape index (κ3) is 9.81. The molecule has 122 valence electrons. The molecule has 1 amide bonds. The van der Waals surface area contributed by atoms with Gasteiger partial charge in [0.05, 0.1) is 0 Å². The summed E-state index contributed by atoms with van der Waals surface area (Å²) in [5.74, 6) is 0.145. The molecule has 4 nitrogen and oxygen atoms in total. The Balaban J connectivity index is 0. The van der Waals surface area contributed by atoms with E-state index in [4.69, 9.17) is 5.73 Å². The number of hydrogen-bond donors (Lipinski definition) is 2. The summed E-state index contributed by atoms with van der Waals surface area (Å²) in [6, 6.07) is 0.748. The van der Waals surface area contributed by atoms with Crippen LogP contribution in [0.3, 0.4) is 0 Å². The van der Waals surface area contributed by atoms with Crippen LogP contribution in [0.5, 0.6) is 0 Å². The van der Waals surface area contributed by atoms with E-state index in [0.29, 0.717) is 13.0 Å². The minimum absolute atomic E-state index is 0. The van der Waals surface area contributed by atoms with Gasteiger partial charge in [-0.1, -0.05) is 6.42 Å². The van der Waals surface area contributed by atoms with Crippen molar-refractivity contribution in [3.63, 3.8) is 0 Å². The Labute approximate surface area is 136 Å². The fraction of sp³-hybridized carbons (Fsp3) is 0.929. The molecule has 3 N–H and O–H groups in total. The molecule has 0 aliphatic carbocycles. The number of halogens is 2. The first-order valence-corrected chi connectivity index (χ1v) is 7.45. The Kier molecular flexibility index (Phi) is 15.5. The normalized spacial score (nSPS) is 18.8. The van der Waals surface area contributed by atoms with E-state index in [0.717, 1.165) is 25.4 Å². The molecule has 1 rings (SSSR count). The van der Waals surface area contributed by atoms with Gasteiger partial charge in [0, 0.05) is 19.0 Å². The van der Waals surface area contributed by atoms with E-state index in [1.165, 1.54) is 38.8 Å². The van der Waals surface area contributed by atoms with Crippen molar-refractivity contribution in [2.24, 2.45) is 5.73 Å². The lowest BCUT2D eigenvalue weighted by Gasteiger charge is -2.33. The lowest BCUT2D eigenvalue weighted by Crippen LogP contribution is -2.38. The largest absolute Gasteiger partial charge is 0.356 e. The van der Waals surface area contributed by atoms with Gasteiger partial charge in [-0.05, 0) is 58.7 Å². The number of nitrogens with zero attached hydrogens (tertiary/aromatic N) is 1. The van der Waals surface area contributed by atoms with Crippen molar-refractivity contribution in [1.29, 1.82) is 0 Å². The fourth-order valence-corrected chi connectivity index (χ4v) is 2.51. The van der Waals surface area contributed by atoms with Crippen LogP contribution in [0.4, 0.5) is 0 Å². The highest BCUT2D eigenvalue weighted by molar-refractivity contribution is 5.85. The van der Waals surface area contributed by atoms with E-state index in [-0.39, 0.29) is 30.7 Å². The smallest absolute Gasteiger partial charge is 0.220 e. The van der Waals surface area contributed by atoms with Crippen LogP contribution in [0.15, 0.2) is 0 Å². The fourth-order valence-electron chi connectivity index (χ4n) is 2.51. The summed E-state index contributed by atoms with van der Waals surface area (Å²) in [7, 11) is 0. The molecular weight excluding hydrogens is 297 g/mol. The lowest BCUT2D eigenvalue weighted by atomic mass is 10.0. The first-order chi connectivity index (χ1) is 8.74. The number of rotatable bonds is 8. The minimum atomic E-state index is 0. The number of unbranched alkanes of at least 4 members (excludes halogenated alkanes) is 1. The van der Waals surface area contributed by atoms with Crippen LogP contribution in [-0.4, -0.2) is 43.0 Å². The summed E-state index contributed by atoms with van der Waals surface area (Å²) in [6.07, 6.45) is 7.70. The number of amides is 1. The average molecular weight is 328 g/mol. The van der Waals surface area contributed by atoms with Gasteiger partial charge in [-0.2, -0.15) is 0 Å². The summed E-state index contributed by atoms with van der Waals surface area (Å²) >= 11 is 0. The number of nitrogens with two attached hydrogens (primary N) is 1. The number of piperidine rings is 1. The quantitative estimate of drug-likeness (QED) is 0.673. The van der Waals surface area contributed by atoms with E-state index in [9.17, 15) is 4.79 Å². The number of likely N-dealkylation sites (tertiary alicyclic amines) is 1. The van der Waals surface area contributed by atoms with Crippen LogP contribution in [-0.2, 0) is 4.79 Å². The summed E-state index contributed by atoms with van der Waals surface area (Å²) < 4.78 is 0. The van der Waals surface area contributed by atoms with Crippen LogP contribution < -0.4 is 11.1 Å². The SMILES string of the molecule is CC1CCCCN1CCCCNC(=O)CCCN.Cl.Cl. The van der Waals surface area contributed by atoms with Gasteiger partial charge in [0.15, 0.2) is 0 Å². The van der Waals surface area contributed by atoms with Gasteiger partial charge < -0.3 is 16.0 Å². The summed E-state index contributed by atoms with van der Waals surface area (Å²) in [6.45, 7) is 6.17. The van der Waals surface area contributed by atoms with Gasteiger partial charge in [-0.3, -0.25) is 4.79 Å². The second-order valence-corrected chi connectivity index (χ2v) is 5.33. The zero-order chi connectivity index (χ0) is 13.2. The molecule has 0 aromatic rings. The van der Waals surface area contributed by atoms with Gasteiger partial charge in [0.1, 0.15) is 0 Å². The van der Waals surface area contributed by atoms with E-state index >= 15 is 0 Å². The van der Waals surface area contributed by atoms with Gasteiger partial charge in [-0.25, -0.2) is 0 Å². The minimum Gasteiger partial charge on any atom is -0.356 e. The first-order valence-electron chi connectivity index (χ1n) is 7.45. The first kappa shape index (κ1) is 22.3. The Morgan fingerprint density at radius 1 is 1.25 bits per heavy atom. The van der Waals surface area contributed by atoms with Crippen LogP contribution in [0.2, 0.25) is 0 Å². The topological polar surface area (TPSA) is 58.4 Å². The van der Waals surface area contributed by atoms with Crippen molar-refractivity contribution in [1.82, 2.24) is 10.2 Å². The van der Waals surface area contributed by atoms with Gasteiger partial charge in [0.2, 0.25) is 5.91 Å². The van der Waals surface area contributed by atoms with Crippen LogP contribution >= 0.6 is 24.8 Å². The van der Waals surface area contributed by atoms with Gasteiger partial charge in [-0.15, -0.1) is 24.8 Å². The monoisotopic (exact) mass is 327 g/mol. The summed E-state index contributed by atoms with van der Waals surface area (Å²) in [5, 5.41) is 2.95. The van der Waals surface area contributed by atoms with E-state index in [1.54, 1.807) is 0 Å². The highest BCUT2D eigenvalue weighted by Gasteiger charge is 2.16. The summed E-state index contributed by atoms with van der Waals surface area (Å²) in [5.41, 5.74) is 5.36. The zero-order valence-electron chi connectivity index (χ0n) is 12.6. The Morgan fingerprint density at radius 2 is 2.00 bits per heavy atom. The second-order valence-electron chi connectivity index (χ2n) is 5.33. The van der Waals surface area contributed by atoms with Crippen molar-refractivity contribution in [2.75, 3.05) is 26.2 Å². The van der Waals surface area contributed by atoms with Crippen molar-refractivity contribution in [2.45, 2.75) is 57.9 Å². The molecule has 0 aromatic carbocycles. The lowest BCUT2D eigenvalue weighted by molar-refractivity contribution is -0.121. The summed E-state index contributed by atoms with van der Waals surface area (Å²) in [4.78, 5) is 13.9. The van der Waals surface area contributed by atoms with Crippen molar-refractivity contribution >= 4 is 30.7 Å². The maximum absolute atomic E-state index is 11.3. The Hall–Kier alpha value is -0.0300. The highest BCUT2D eigenvalue weighted by atomic mass is 35.5. The average Bonchev–Trinajstić information content (AvgIpc) is 2.38. The Morgan fingerprint density at radius 3 is 2.65 bits per heavy atom. The molecule has 1 heterocycles.